The van der Waals surface area contributed by atoms with Gasteiger partial charge in [-0.05, 0) is 52.8 Å². The maximum absolute atomic E-state index is 13.4. The first-order valence-corrected chi connectivity index (χ1v) is 11.6. The Morgan fingerprint density at radius 3 is 2.15 bits per heavy atom. The van der Waals surface area contributed by atoms with Crippen LogP contribution in [0.15, 0.2) is 66.7 Å². The van der Waals surface area contributed by atoms with E-state index in [-0.39, 0.29) is 41.4 Å². The Kier molecular flexibility index (Phi) is 7.99. The molecule has 0 aliphatic rings. The second kappa shape index (κ2) is 10.4. The van der Waals surface area contributed by atoms with Crippen molar-refractivity contribution in [3.8, 4) is 0 Å². The highest BCUT2D eigenvalue weighted by atomic mass is 35.5. The summed E-state index contributed by atoms with van der Waals surface area (Å²) in [6.07, 6.45) is -4.16. The summed E-state index contributed by atoms with van der Waals surface area (Å²) in [4.78, 5) is 15.0. The summed E-state index contributed by atoms with van der Waals surface area (Å²) in [5.41, 5.74) is 2.10. The summed E-state index contributed by atoms with van der Waals surface area (Å²) in [7, 11) is 0. The lowest BCUT2D eigenvalue weighted by atomic mass is 9.87. The van der Waals surface area contributed by atoms with Crippen molar-refractivity contribution in [2.45, 2.75) is 45.3 Å². The van der Waals surface area contributed by atoms with Gasteiger partial charge < -0.3 is 4.90 Å². The van der Waals surface area contributed by atoms with Crippen molar-refractivity contribution in [1.82, 2.24) is 4.90 Å². The average Bonchev–Trinajstić information content (AvgIpc) is 2.77. The van der Waals surface area contributed by atoms with Gasteiger partial charge in [-0.25, -0.2) is 0 Å². The largest absolute Gasteiger partial charge is 0.416 e. The van der Waals surface area contributed by atoms with Gasteiger partial charge in [0.15, 0.2) is 0 Å². The second-order valence-electron chi connectivity index (χ2n) is 9.25. The third kappa shape index (κ3) is 6.77. The molecule has 0 fully saturated rings. The Labute approximate surface area is 208 Å². The first-order chi connectivity index (χ1) is 15.8. The Bertz CT molecular complexity index is 1150. The standard InChI is InChI=1S/C27H26Cl2F3NO/c1-26(2,3)20-9-7-19(8-10-20)17-33(25(34)23-16-22(28)11-12-24(23)29)14-13-18-5-4-6-21(15-18)27(30,31)32/h4-12,15-16H,13-14,17H2,1-3H3. The molecule has 0 aromatic heterocycles. The maximum Gasteiger partial charge on any atom is 0.416 e. The molecule has 0 saturated carbocycles. The summed E-state index contributed by atoms with van der Waals surface area (Å²) < 4.78 is 39.3. The van der Waals surface area contributed by atoms with Crippen LogP contribution in [0.1, 0.15) is 53.4 Å². The van der Waals surface area contributed by atoms with Gasteiger partial charge in [-0.2, -0.15) is 13.2 Å². The minimum absolute atomic E-state index is 0.00809. The van der Waals surface area contributed by atoms with Crippen LogP contribution in [0.2, 0.25) is 10.0 Å². The van der Waals surface area contributed by atoms with Crippen molar-refractivity contribution in [2.24, 2.45) is 0 Å². The molecule has 1 amide bonds. The highest BCUT2D eigenvalue weighted by Crippen LogP contribution is 2.30. The second-order valence-corrected chi connectivity index (χ2v) is 10.1. The molecule has 0 unspecified atom stereocenters. The summed E-state index contributed by atoms with van der Waals surface area (Å²) in [5.74, 6) is -0.334. The first kappa shape index (κ1) is 26.1. The molecular weight excluding hydrogens is 482 g/mol. The van der Waals surface area contributed by atoms with Crippen LogP contribution in [0.4, 0.5) is 13.2 Å². The number of rotatable bonds is 6. The Morgan fingerprint density at radius 1 is 0.853 bits per heavy atom. The Balaban J connectivity index is 1.87. The number of benzene rings is 3. The number of carbonyl (C=O) groups is 1. The third-order valence-corrected chi connectivity index (χ3v) is 6.13. The van der Waals surface area contributed by atoms with Gasteiger partial charge in [0.1, 0.15) is 0 Å². The molecule has 0 bridgehead atoms. The summed E-state index contributed by atoms with van der Waals surface area (Å²) in [5, 5.41) is 0.640. The van der Waals surface area contributed by atoms with Gasteiger partial charge >= 0.3 is 6.18 Å². The van der Waals surface area contributed by atoms with E-state index in [0.29, 0.717) is 10.6 Å². The Morgan fingerprint density at radius 2 is 1.53 bits per heavy atom. The highest BCUT2D eigenvalue weighted by Gasteiger charge is 2.30. The van der Waals surface area contributed by atoms with Crippen LogP contribution in [-0.2, 0) is 24.6 Å². The van der Waals surface area contributed by atoms with Crippen molar-refractivity contribution in [3.63, 3.8) is 0 Å². The predicted octanol–water partition coefficient (Wildman–Crippen LogP) is 8.19. The van der Waals surface area contributed by atoms with Crippen LogP contribution in [0.3, 0.4) is 0 Å². The molecule has 0 heterocycles. The van der Waals surface area contributed by atoms with Crippen LogP contribution in [0.5, 0.6) is 0 Å². The lowest BCUT2D eigenvalue weighted by Crippen LogP contribution is -2.32. The van der Waals surface area contributed by atoms with Crippen molar-refractivity contribution in [3.05, 3.63) is 105 Å². The molecule has 3 aromatic rings. The molecule has 0 atom stereocenters. The van der Waals surface area contributed by atoms with Crippen LogP contribution >= 0.6 is 23.2 Å². The van der Waals surface area contributed by atoms with Gasteiger partial charge in [-0.3, -0.25) is 4.79 Å². The van der Waals surface area contributed by atoms with E-state index in [0.717, 1.165) is 23.3 Å². The minimum Gasteiger partial charge on any atom is -0.334 e. The van der Waals surface area contributed by atoms with E-state index in [1.807, 2.05) is 24.3 Å². The number of alkyl halides is 3. The monoisotopic (exact) mass is 507 g/mol. The lowest BCUT2D eigenvalue weighted by Gasteiger charge is -2.25. The van der Waals surface area contributed by atoms with Crippen LogP contribution in [0.25, 0.3) is 0 Å². The predicted molar refractivity (Wildman–Crippen MR) is 131 cm³/mol. The molecule has 3 aromatic carbocycles. The molecule has 0 aliphatic heterocycles. The van der Waals surface area contributed by atoms with Gasteiger partial charge in [0, 0.05) is 18.1 Å². The third-order valence-electron chi connectivity index (χ3n) is 5.56. The molecule has 0 aliphatic carbocycles. The average molecular weight is 508 g/mol. The number of nitrogens with zero attached hydrogens (tertiary/aromatic N) is 1. The van der Waals surface area contributed by atoms with Gasteiger partial charge in [0.2, 0.25) is 0 Å². The highest BCUT2D eigenvalue weighted by molar-refractivity contribution is 6.35. The van der Waals surface area contributed by atoms with Crippen molar-refractivity contribution in [2.75, 3.05) is 6.54 Å². The molecule has 0 saturated heterocycles. The van der Waals surface area contributed by atoms with E-state index < -0.39 is 11.7 Å². The van der Waals surface area contributed by atoms with E-state index in [2.05, 4.69) is 20.8 Å². The normalized spacial score (nSPS) is 12.0. The van der Waals surface area contributed by atoms with Crippen molar-refractivity contribution in [1.29, 1.82) is 0 Å². The molecule has 0 spiro atoms. The zero-order valence-electron chi connectivity index (χ0n) is 19.2. The number of amides is 1. The molecule has 34 heavy (non-hydrogen) atoms. The molecule has 7 heteroatoms. The number of hydrogen-bond donors (Lipinski definition) is 0. The number of halogens is 5. The molecular formula is C27H26Cl2F3NO. The lowest BCUT2D eigenvalue weighted by molar-refractivity contribution is -0.137. The van der Waals surface area contributed by atoms with Gasteiger partial charge in [0.25, 0.3) is 5.91 Å². The van der Waals surface area contributed by atoms with Crippen LogP contribution < -0.4 is 0 Å². The van der Waals surface area contributed by atoms with Crippen molar-refractivity contribution >= 4 is 29.1 Å². The maximum atomic E-state index is 13.4. The molecule has 2 nitrogen and oxygen atoms in total. The Hall–Kier alpha value is -2.50. The fraction of sp³-hybridized carbons (Fsp3) is 0.296. The summed E-state index contributed by atoms with van der Waals surface area (Å²) in [6.45, 7) is 6.85. The fourth-order valence-electron chi connectivity index (χ4n) is 3.58. The van der Waals surface area contributed by atoms with Gasteiger partial charge in [-0.15, -0.1) is 0 Å². The van der Waals surface area contributed by atoms with E-state index in [1.165, 1.54) is 12.1 Å². The zero-order valence-corrected chi connectivity index (χ0v) is 20.7. The fourth-order valence-corrected chi connectivity index (χ4v) is 3.95. The number of carbonyl (C=O) groups excluding carboxylic acids is 1. The topological polar surface area (TPSA) is 20.3 Å². The summed E-state index contributed by atoms with van der Waals surface area (Å²) in [6, 6.07) is 17.8. The van der Waals surface area contributed by atoms with Gasteiger partial charge in [-0.1, -0.05) is 86.4 Å². The first-order valence-electron chi connectivity index (χ1n) is 10.8. The SMILES string of the molecule is CC(C)(C)c1ccc(CN(CCc2cccc(C(F)(F)F)c2)C(=O)c2cc(Cl)ccc2Cl)cc1. The van der Waals surface area contributed by atoms with Crippen LogP contribution in [0, 0.1) is 0 Å². The molecule has 0 radical (unpaired) electrons. The van der Waals surface area contributed by atoms with Gasteiger partial charge in [0.05, 0.1) is 16.1 Å². The molecule has 3 rings (SSSR count). The quantitative estimate of drug-likeness (QED) is 0.329. The molecule has 180 valence electrons. The zero-order chi connectivity index (χ0) is 25.1. The van der Waals surface area contributed by atoms with Crippen molar-refractivity contribution < 1.29 is 18.0 Å². The van der Waals surface area contributed by atoms with Crippen LogP contribution in [-0.4, -0.2) is 17.4 Å². The smallest absolute Gasteiger partial charge is 0.334 e. The van der Waals surface area contributed by atoms with E-state index in [1.54, 1.807) is 23.1 Å². The van der Waals surface area contributed by atoms with E-state index >= 15 is 0 Å². The molecule has 0 N–H and O–H groups in total. The summed E-state index contributed by atoms with van der Waals surface area (Å²) >= 11 is 12.3. The van der Waals surface area contributed by atoms with E-state index in [9.17, 15) is 18.0 Å². The minimum atomic E-state index is -4.42. The van der Waals surface area contributed by atoms with E-state index in [4.69, 9.17) is 23.2 Å². The number of hydrogen-bond acceptors (Lipinski definition) is 1.